The first-order valence-corrected chi connectivity index (χ1v) is 10.1. The van der Waals surface area contributed by atoms with Crippen LogP contribution in [0, 0.1) is 5.82 Å². The highest BCUT2D eigenvalue weighted by Gasteiger charge is 2.32. The van der Waals surface area contributed by atoms with Crippen molar-refractivity contribution in [2.24, 2.45) is 0 Å². The molecule has 5 rings (SSSR count). The van der Waals surface area contributed by atoms with Crippen molar-refractivity contribution < 1.29 is 18.3 Å². The largest absolute Gasteiger partial charge is 0.495 e. The molecule has 1 fully saturated rings. The molecule has 0 atom stereocenters. The Kier molecular flexibility index (Phi) is 4.90. The highest BCUT2D eigenvalue weighted by Crippen LogP contribution is 2.29. The number of hydrogen-bond donors (Lipinski definition) is 1. The fraction of sp³-hybridized carbons (Fsp3) is 0.318. The molecule has 0 amide bonds. The first kappa shape index (κ1) is 19.6. The highest BCUT2D eigenvalue weighted by molar-refractivity contribution is 5.83. The van der Waals surface area contributed by atoms with Gasteiger partial charge in [0.2, 0.25) is 0 Å². The van der Waals surface area contributed by atoms with Crippen LogP contribution in [-0.4, -0.2) is 52.1 Å². The maximum Gasteiger partial charge on any atom is 0.187 e. The van der Waals surface area contributed by atoms with Crippen LogP contribution in [0.1, 0.15) is 12.8 Å². The number of halogens is 2. The van der Waals surface area contributed by atoms with Crippen LogP contribution in [0.15, 0.2) is 42.6 Å². The van der Waals surface area contributed by atoms with Gasteiger partial charge in [-0.2, -0.15) is 0 Å². The van der Waals surface area contributed by atoms with E-state index in [0.29, 0.717) is 54.2 Å². The van der Waals surface area contributed by atoms with E-state index < -0.39 is 11.5 Å². The molecule has 160 valence electrons. The molecule has 1 aliphatic heterocycles. The lowest BCUT2D eigenvalue weighted by molar-refractivity contribution is 0.0538. The number of nitrogens with one attached hydrogen (secondary N) is 1. The third kappa shape index (κ3) is 3.76. The summed E-state index contributed by atoms with van der Waals surface area (Å²) in [7, 11) is 1.57. The summed E-state index contributed by atoms with van der Waals surface area (Å²) < 4.78 is 42.2. The summed E-state index contributed by atoms with van der Waals surface area (Å²) in [4.78, 5) is 4.45. The van der Waals surface area contributed by atoms with E-state index in [1.165, 1.54) is 6.07 Å². The number of pyridine rings is 2. The number of benzene rings is 1. The lowest BCUT2D eigenvalue weighted by atomic mass is 9.95. The smallest absolute Gasteiger partial charge is 0.187 e. The van der Waals surface area contributed by atoms with Crippen LogP contribution in [0.4, 0.5) is 8.78 Å². The molecule has 4 aromatic rings. The topological polar surface area (TPSA) is 73.6 Å². The first-order chi connectivity index (χ1) is 15.0. The van der Waals surface area contributed by atoms with Gasteiger partial charge >= 0.3 is 0 Å². The highest BCUT2D eigenvalue weighted by atomic mass is 19.1. The van der Waals surface area contributed by atoms with Gasteiger partial charge in [0.05, 0.1) is 13.3 Å². The quantitative estimate of drug-likeness (QED) is 0.527. The standard InChI is InChI=1S/C22H21F2N5O2/c1-30-15-3-5-19-27-28-21(29(19)12-15)18-4-2-14-10-16(11-17(23)20(14)26-18)31-13-22(24)6-8-25-9-7-22/h2-5,10-12,25H,6-9,13H2,1H3. The lowest BCUT2D eigenvalue weighted by Crippen LogP contribution is -2.42. The van der Waals surface area contributed by atoms with Gasteiger partial charge in [0.15, 0.2) is 17.3 Å². The number of alkyl halides is 1. The zero-order valence-corrected chi connectivity index (χ0v) is 16.9. The van der Waals surface area contributed by atoms with E-state index in [1.54, 1.807) is 48.0 Å². The van der Waals surface area contributed by atoms with Gasteiger partial charge in [0, 0.05) is 11.5 Å². The summed E-state index contributed by atoms with van der Waals surface area (Å²) in [6.45, 7) is 1.13. The SMILES string of the molecule is COc1ccc2nnc(-c3ccc4cc(OCC5(F)CCNCC5)cc(F)c4n3)n2c1. The van der Waals surface area contributed by atoms with Crippen LogP contribution in [0.25, 0.3) is 28.1 Å². The monoisotopic (exact) mass is 425 g/mol. The molecule has 0 radical (unpaired) electrons. The molecule has 31 heavy (non-hydrogen) atoms. The van der Waals surface area contributed by atoms with E-state index in [1.807, 2.05) is 0 Å². The number of fused-ring (bicyclic) bond motifs is 2. The van der Waals surface area contributed by atoms with E-state index in [2.05, 4.69) is 20.5 Å². The number of methoxy groups -OCH3 is 1. The fourth-order valence-electron chi connectivity index (χ4n) is 3.77. The van der Waals surface area contributed by atoms with Crippen LogP contribution in [0.2, 0.25) is 0 Å². The Morgan fingerprint density at radius 2 is 1.94 bits per heavy atom. The molecule has 1 aliphatic rings. The van der Waals surface area contributed by atoms with Gasteiger partial charge in [0.25, 0.3) is 0 Å². The van der Waals surface area contributed by atoms with Crippen molar-refractivity contribution in [1.29, 1.82) is 0 Å². The van der Waals surface area contributed by atoms with E-state index in [9.17, 15) is 8.78 Å². The number of aromatic nitrogens is 4. The average molecular weight is 425 g/mol. The molecule has 9 heteroatoms. The molecular weight excluding hydrogens is 404 g/mol. The van der Waals surface area contributed by atoms with Crippen LogP contribution >= 0.6 is 0 Å². The molecule has 4 heterocycles. The number of ether oxygens (including phenoxy) is 2. The van der Waals surface area contributed by atoms with Crippen molar-refractivity contribution in [2.45, 2.75) is 18.5 Å². The Hall–Kier alpha value is -3.33. The second-order valence-electron chi connectivity index (χ2n) is 7.68. The fourth-order valence-corrected chi connectivity index (χ4v) is 3.77. The average Bonchev–Trinajstić information content (AvgIpc) is 3.21. The molecule has 0 unspecified atom stereocenters. The molecule has 1 N–H and O–H groups in total. The molecular formula is C22H21F2N5O2. The van der Waals surface area contributed by atoms with Crippen molar-refractivity contribution in [1.82, 2.24) is 24.9 Å². The predicted octanol–water partition coefficient (Wildman–Crippen LogP) is 3.56. The molecule has 0 aliphatic carbocycles. The normalized spacial score (nSPS) is 16.0. The van der Waals surface area contributed by atoms with E-state index >= 15 is 0 Å². The molecule has 7 nitrogen and oxygen atoms in total. The van der Waals surface area contributed by atoms with Gasteiger partial charge in [-0.3, -0.25) is 4.40 Å². The Morgan fingerprint density at radius 3 is 2.74 bits per heavy atom. The molecule has 0 bridgehead atoms. The van der Waals surface area contributed by atoms with Crippen LogP contribution in [0.3, 0.4) is 0 Å². The summed E-state index contributed by atoms with van der Waals surface area (Å²) in [5.41, 5.74) is -0.117. The number of nitrogens with zero attached hydrogens (tertiary/aromatic N) is 4. The molecule has 1 aromatic carbocycles. The summed E-state index contributed by atoms with van der Waals surface area (Å²) in [5.74, 6) is 0.856. The Bertz CT molecular complexity index is 1250. The van der Waals surface area contributed by atoms with Gasteiger partial charge in [-0.1, -0.05) is 6.07 Å². The van der Waals surface area contributed by atoms with Gasteiger partial charge in [-0.15, -0.1) is 10.2 Å². The predicted molar refractivity (Wildman–Crippen MR) is 112 cm³/mol. The van der Waals surface area contributed by atoms with E-state index in [4.69, 9.17) is 9.47 Å². The van der Waals surface area contributed by atoms with Crippen molar-refractivity contribution in [3.63, 3.8) is 0 Å². The second-order valence-corrected chi connectivity index (χ2v) is 7.68. The van der Waals surface area contributed by atoms with Crippen molar-refractivity contribution in [2.75, 3.05) is 26.8 Å². The maximum absolute atomic E-state index is 14.9. The number of hydrogen-bond acceptors (Lipinski definition) is 6. The minimum Gasteiger partial charge on any atom is -0.495 e. The number of piperidine rings is 1. The molecule has 0 saturated carbocycles. The summed E-state index contributed by atoms with van der Waals surface area (Å²) in [6.07, 6.45) is 2.51. The Morgan fingerprint density at radius 1 is 1.10 bits per heavy atom. The summed E-state index contributed by atoms with van der Waals surface area (Å²) in [5, 5.41) is 12.0. The Balaban J connectivity index is 1.46. The molecule has 3 aromatic heterocycles. The van der Waals surface area contributed by atoms with Crippen LogP contribution < -0.4 is 14.8 Å². The van der Waals surface area contributed by atoms with Gasteiger partial charge in [0.1, 0.15) is 35.0 Å². The van der Waals surface area contributed by atoms with Crippen LogP contribution in [-0.2, 0) is 0 Å². The summed E-state index contributed by atoms with van der Waals surface area (Å²) in [6, 6.07) is 9.96. The Labute approximate surface area is 177 Å². The van der Waals surface area contributed by atoms with Gasteiger partial charge in [-0.25, -0.2) is 13.8 Å². The minimum absolute atomic E-state index is 0.0985. The van der Waals surface area contributed by atoms with Gasteiger partial charge < -0.3 is 14.8 Å². The van der Waals surface area contributed by atoms with Crippen LogP contribution in [0.5, 0.6) is 11.5 Å². The molecule has 0 spiro atoms. The van der Waals surface area contributed by atoms with Crippen molar-refractivity contribution in [3.05, 3.63) is 48.4 Å². The third-order valence-electron chi connectivity index (χ3n) is 5.56. The second kappa shape index (κ2) is 7.73. The number of rotatable bonds is 5. The van der Waals surface area contributed by atoms with E-state index in [0.717, 1.165) is 0 Å². The zero-order chi connectivity index (χ0) is 21.4. The van der Waals surface area contributed by atoms with Gasteiger partial charge in [-0.05, 0) is 50.2 Å². The third-order valence-corrected chi connectivity index (χ3v) is 5.56. The zero-order valence-electron chi connectivity index (χ0n) is 16.9. The van der Waals surface area contributed by atoms with E-state index in [-0.39, 0.29) is 17.9 Å². The van der Waals surface area contributed by atoms with Crippen molar-refractivity contribution in [3.8, 4) is 23.0 Å². The summed E-state index contributed by atoms with van der Waals surface area (Å²) >= 11 is 0. The lowest BCUT2D eigenvalue weighted by Gasteiger charge is -2.29. The molecule has 1 saturated heterocycles. The minimum atomic E-state index is -1.39. The first-order valence-electron chi connectivity index (χ1n) is 10.1. The van der Waals surface area contributed by atoms with Crippen molar-refractivity contribution >= 4 is 16.6 Å². The maximum atomic E-state index is 14.9.